The predicted molar refractivity (Wildman–Crippen MR) is 186 cm³/mol. The summed E-state index contributed by atoms with van der Waals surface area (Å²) in [7, 11) is 3.79. The number of aliphatic imine (C=N–C) groups is 1. The molecule has 1 aromatic heterocycles. The van der Waals surface area contributed by atoms with E-state index in [1.807, 2.05) is 25.1 Å². The normalized spacial score (nSPS) is 17.8. The van der Waals surface area contributed by atoms with Crippen LogP contribution >= 0.6 is 0 Å². The number of likely N-dealkylation sites (N-methyl/N-ethyl adjacent to an activating group) is 1. The van der Waals surface area contributed by atoms with E-state index in [1.165, 1.54) is 10.6 Å². The molecule has 0 radical (unpaired) electrons. The van der Waals surface area contributed by atoms with Crippen molar-refractivity contribution < 1.29 is 14.3 Å². The molecule has 2 fully saturated rings. The van der Waals surface area contributed by atoms with Gasteiger partial charge in [0, 0.05) is 69.9 Å². The van der Waals surface area contributed by atoms with Crippen LogP contribution in [-0.2, 0) is 20.1 Å². The monoisotopic (exact) mass is 638 g/mol. The Hall–Kier alpha value is -4.38. The molecule has 0 spiro atoms. The third-order valence-electron chi connectivity index (χ3n) is 9.44. The van der Waals surface area contributed by atoms with Crippen LogP contribution in [0.15, 0.2) is 76.4 Å². The number of amides is 1. The van der Waals surface area contributed by atoms with Crippen LogP contribution in [0, 0.1) is 5.82 Å². The summed E-state index contributed by atoms with van der Waals surface area (Å²) < 4.78 is 16.8. The Kier molecular flexibility index (Phi) is 9.54. The summed E-state index contributed by atoms with van der Waals surface area (Å²) in [4.78, 5) is 37.6. The fraction of sp³-hybridized carbons (Fsp3) is 0.378. The first kappa shape index (κ1) is 32.6. The zero-order chi connectivity index (χ0) is 33.2. The lowest BCUT2D eigenvalue weighted by molar-refractivity contribution is 0.0976. The fourth-order valence-electron chi connectivity index (χ4n) is 6.51. The van der Waals surface area contributed by atoms with Gasteiger partial charge >= 0.3 is 0 Å². The highest BCUT2D eigenvalue weighted by molar-refractivity contribution is 6.09. The van der Waals surface area contributed by atoms with E-state index in [2.05, 4.69) is 33.7 Å². The van der Waals surface area contributed by atoms with Crippen molar-refractivity contribution in [2.24, 2.45) is 12.0 Å². The Morgan fingerprint density at radius 2 is 1.87 bits per heavy atom. The standard InChI is InChI=1S/C37H43FN6O3/c1-5-25(21-43-15-13-41(3)14-16-43)20-39-24(2)40-33-19-29(22-42(4)36(33)46)30-7-6-8-34(31(30)23-45)44-12-11-27-17-28(26-9-10-26)18-32(38)35(27)37(44)47/h5-8,17-20,22,26,40,45H,2,9-16,21,23H2,1,3-4H3/b25-5+,39-20-. The summed E-state index contributed by atoms with van der Waals surface area (Å²) in [5.74, 6) is -0.192. The van der Waals surface area contributed by atoms with E-state index >= 15 is 4.39 Å². The lowest BCUT2D eigenvalue weighted by Crippen LogP contribution is -2.45. The van der Waals surface area contributed by atoms with E-state index in [-0.39, 0.29) is 23.4 Å². The molecular weight excluding hydrogens is 595 g/mol. The Bertz CT molecular complexity index is 1820. The second kappa shape index (κ2) is 13.8. The number of pyridine rings is 1. The molecule has 9 nitrogen and oxygen atoms in total. The molecule has 0 bridgehead atoms. The first-order chi connectivity index (χ1) is 22.7. The minimum atomic E-state index is -0.488. The first-order valence-corrected chi connectivity index (χ1v) is 16.3. The third-order valence-corrected chi connectivity index (χ3v) is 9.44. The molecule has 2 aromatic carbocycles. The third kappa shape index (κ3) is 7.00. The van der Waals surface area contributed by atoms with Crippen molar-refractivity contribution in [3.63, 3.8) is 0 Å². The number of allylic oxidation sites excluding steroid dienone is 1. The van der Waals surface area contributed by atoms with Gasteiger partial charge < -0.3 is 24.8 Å². The van der Waals surface area contributed by atoms with E-state index in [9.17, 15) is 14.7 Å². The molecule has 1 saturated carbocycles. The van der Waals surface area contributed by atoms with Crippen molar-refractivity contribution in [2.75, 3.05) is 56.5 Å². The molecule has 246 valence electrons. The van der Waals surface area contributed by atoms with Crippen LogP contribution in [0.5, 0.6) is 0 Å². The number of fused-ring (bicyclic) bond motifs is 1. The van der Waals surface area contributed by atoms with Gasteiger partial charge in [-0.15, -0.1) is 0 Å². The van der Waals surface area contributed by atoms with E-state index in [1.54, 1.807) is 42.6 Å². The number of carbonyl (C=O) groups is 1. The summed E-state index contributed by atoms with van der Waals surface area (Å²) in [5.41, 5.74) is 5.24. The highest BCUT2D eigenvalue weighted by Gasteiger charge is 2.33. The number of aliphatic hydroxyl groups is 1. The largest absolute Gasteiger partial charge is 0.392 e. The van der Waals surface area contributed by atoms with Gasteiger partial charge in [-0.05, 0) is 79.6 Å². The Morgan fingerprint density at radius 1 is 1.11 bits per heavy atom. The average Bonchev–Trinajstić information content (AvgIpc) is 3.91. The van der Waals surface area contributed by atoms with Crippen molar-refractivity contribution in [3.05, 3.63) is 105 Å². The van der Waals surface area contributed by atoms with E-state index in [0.29, 0.717) is 47.1 Å². The maximum absolute atomic E-state index is 15.3. The molecule has 3 heterocycles. The van der Waals surface area contributed by atoms with Crippen LogP contribution in [-0.4, -0.2) is 77.9 Å². The lowest BCUT2D eigenvalue weighted by Gasteiger charge is -2.32. The van der Waals surface area contributed by atoms with Gasteiger partial charge in [0.25, 0.3) is 11.5 Å². The van der Waals surface area contributed by atoms with Crippen molar-refractivity contribution in [1.29, 1.82) is 0 Å². The Balaban J connectivity index is 1.23. The molecule has 2 N–H and O–H groups in total. The topological polar surface area (TPSA) is 93.4 Å². The second-order valence-corrected chi connectivity index (χ2v) is 12.8. The number of nitrogens with zero attached hydrogens (tertiary/aromatic N) is 5. The zero-order valence-electron chi connectivity index (χ0n) is 27.4. The number of aromatic nitrogens is 1. The molecule has 2 aliphatic heterocycles. The van der Waals surface area contributed by atoms with Crippen LogP contribution in [0.2, 0.25) is 0 Å². The Labute approximate surface area is 275 Å². The number of aryl methyl sites for hydroxylation is 1. The maximum Gasteiger partial charge on any atom is 0.274 e. The van der Waals surface area contributed by atoms with Crippen LogP contribution in [0.4, 0.5) is 15.8 Å². The van der Waals surface area contributed by atoms with Crippen molar-refractivity contribution in [2.45, 2.75) is 38.7 Å². The minimum absolute atomic E-state index is 0.104. The molecule has 3 aliphatic rings. The number of benzene rings is 2. The molecule has 10 heteroatoms. The number of hydrogen-bond acceptors (Lipinski definition) is 7. The fourth-order valence-corrected chi connectivity index (χ4v) is 6.51. The number of aliphatic hydroxyl groups excluding tert-OH is 1. The number of hydrogen-bond donors (Lipinski definition) is 2. The predicted octanol–water partition coefficient (Wildman–Crippen LogP) is 4.91. The van der Waals surface area contributed by atoms with Gasteiger partial charge in [0.15, 0.2) is 0 Å². The maximum atomic E-state index is 15.3. The summed E-state index contributed by atoms with van der Waals surface area (Å²) in [6.07, 6.45) is 8.14. The van der Waals surface area contributed by atoms with Gasteiger partial charge in [0.1, 0.15) is 17.3 Å². The lowest BCUT2D eigenvalue weighted by atomic mass is 9.92. The van der Waals surface area contributed by atoms with Gasteiger partial charge in [0.05, 0.1) is 17.9 Å². The SMILES string of the molecule is C=C(/N=C\C(=C/C)CN1CCN(C)CC1)Nc1cc(-c2cccc(N3CCc4cc(C5CC5)cc(F)c4C3=O)c2CO)cn(C)c1=O. The molecule has 1 aliphatic carbocycles. The van der Waals surface area contributed by atoms with Gasteiger partial charge in [0.2, 0.25) is 0 Å². The molecule has 1 saturated heterocycles. The van der Waals surface area contributed by atoms with Crippen LogP contribution < -0.4 is 15.8 Å². The summed E-state index contributed by atoms with van der Waals surface area (Å²) >= 11 is 0. The van der Waals surface area contributed by atoms with E-state index in [0.717, 1.165) is 62.3 Å². The number of anilines is 2. The number of carbonyl (C=O) groups excluding carboxylic acids is 1. The van der Waals surface area contributed by atoms with E-state index < -0.39 is 11.7 Å². The number of nitrogens with one attached hydrogen (secondary N) is 1. The molecule has 3 aromatic rings. The Morgan fingerprint density at radius 3 is 2.57 bits per heavy atom. The second-order valence-electron chi connectivity index (χ2n) is 12.8. The number of rotatable bonds is 10. The smallest absolute Gasteiger partial charge is 0.274 e. The van der Waals surface area contributed by atoms with Gasteiger partial charge in [-0.1, -0.05) is 30.9 Å². The highest BCUT2D eigenvalue weighted by Crippen LogP contribution is 2.42. The quantitative estimate of drug-likeness (QED) is 0.307. The van der Waals surface area contributed by atoms with Crippen molar-refractivity contribution in [1.82, 2.24) is 14.4 Å². The summed E-state index contributed by atoms with van der Waals surface area (Å²) in [5, 5.41) is 13.7. The van der Waals surface area contributed by atoms with Crippen LogP contribution in [0.1, 0.15) is 52.7 Å². The van der Waals surface area contributed by atoms with Crippen molar-refractivity contribution >= 4 is 23.5 Å². The first-order valence-electron chi connectivity index (χ1n) is 16.3. The number of halogens is 1. The van der Waals surface area contributed by atoms with Gasteiger partial charge in [-0.3, -0.25) is 14.5 Å². The molecule has 47 heavy (non-hydrogen) atoms. The minimum Gasteiger partial charge on any atom is -0.392 e. The van der Waals surface area contributed by atoms with Gasteiger partial charge in [-0.2, -0.15) is 0 Å². The van der Waals surface area contributed by atoms with Crippen LogP contribution in [0.3, 0.4) is 0 Å². The molecule has 0 unspecified atom stereocenters. The molecule has 1 amide bonds. The number of piperazine rings is 1. The molecule has 0 atom stereocenters. The van der Waals surface area contributed by atoms with Gasteiger partial charge in [-0.25, -0.2) is 9.38 Å². The van der Waals surface area contributed by atoms with E-state index in [4.69, 9.17) is 0 Å². The zero-order valence-corrected chi connectivity index (χ0v) is 27.4. The summed E-state index contributed by atoms with van der Waals surface area (Å²) in [6.45, 7) is 10.9. The summed E-state index contributed by atoms with van der Waals surface area (Å²) in [6, 6.07) is 10.6. The highest BCUT2D eigenvalue weighted by atomic mass is 19.1. The van der Waals surface area contributed by atoms with Crippen LogP contribution in [0.25, 0.3) is 11.1 Å². The van der Waals surface area contributed by atoms with Crippen molar-refractivity contribution in [3.8, 4) is 11.1 Å². The average molecular weight is 639 g/mol. The molecular formula is C37H43FN6O3. The molecule has 6 rings (SSSR count).